The van der Waals surface area contributed by atoms with Crippen molar-refractivity contribution in [3.63, 3.8) is 0 Å². The molecule has 88 valence electrons. The number of pyridine rings is 1. The summed E-state index contributed by atoms with van der Waals surface area (Å²) in [5, 5.41) is 18.3. The molecule has 0 aliphatic rings. The highest BCUT2D eigenvalue weighted by Gasteiger charge is 2.16. The third-order valence-corrected chi connectivity index (χ3v) is 2.85. The summed E-state index contributed by atoms with van der Waals surface area (Å²) in [5.74, 6) is -0.744. The SMILES string of the molecule is Cc1cc2cc(B(O)O)cc(F)c2c(=O)n1C. The molecule has 0 aliphatic carbocycles. The summed E-state index contributed by atoms with van der Waals surface area (Å²) >= 11 is 0. The maximum Gasteiger partial charge on any atom is 0.488 e. The average Bonchev–Trinajstić information content (AvgIpc) is 2.25. The van der Waals surface area contributed by atoms with Crippen molar-refractivity contribution in [1.82, 2.24) is 4.57 Å². The average molecular weight is 235 g/mol. The molecule has 2 rings (SSSR count). The van der Waals surface area contributed by atoms with Crippen molar-refractivity contribution in [3.8, 4) is 0 Å². The molecule has 1 heterocycles. The molecule has 1 aromatic heterocycles. The van der Waals surface area contributed by atoms with Crippen molar-refractivity contribution < 1.29 is 14.4 Å². The Balaban J connectivity index is 2.92. The van der Waals surface area contributed by atoms with Crippen molar-refractivity contribution in [2.75, 3.05) is 0 Å². The normalized spacial score (nSPS) is 10.9. The van der Waals surface area contributed by atoms with Crippen molar-refractivity contribution >= 4 is 23.4 Å². The number of rotatable bonds is 1. The van der Waals surface area contributed by atoms with E-state index in [0.717, 1.165) is 6.07 Å². The fourth-order valence-corrected chi connectivity index (χ4v) is 1.79. The van der Waals surface area contributed by atoms with Gasteiger partial charge < -0.3 is 14.6 Å². The number of aromatic nitrogens is 1. The molecule has 1 aromatic carbocycles. The van der Waals surface area contributed by atoms with Crippen LogP contribution in [0, 0.1) is 12.7 Å². The van der Waals surface area contributed by atoms with Crippen LogP contribution in [0.25, 0.3) is 10.8 Å². The van der Waals surface area contributed by atoms with Crippen molar-refractivity contribution in [1.29, 1.82) is 0 Å². The van der Waals surface area contributed by atoms with Crippen LogP contribution in [-0.4, -0.2) is 21.7 Å². The highest BCUT2D eigenvalue weighted by atomic mass is 19.1. The van der Waals surface area contributed by atoms with Crippen molar-refractivity contribution in [2.24, 2.45) is 7.05 Å². The van der Waals surface area contributed by atoms with Gasteiger partial charge in [0.15, 0.2) is 0 Å². The largest absolute Gasteiger partial charge is 0.488 e. The van der Waals surface area contributed by atoms with Gasteiger partial charge in [0.1, 0.15) is 5.82 Å². The molecule has 0 fully saturated rings. The minimum Gasteiger partial charge on any atom is -0.423 e. The van der Waals surface area contributed by atoms with Gasteiger partial charge in [-0.15, -0.1) is 0 Å². The lowest BCUT2D eigenvalue weighted by Gasteiger charge is -2.08. The molecule has 6 heteroatoms. The monoisotopic (exact) mass is 235 g/mol. The second-order valence-electron chi connectivity index (χ2n) is 3.99. The maximum atomic E-state index is 13.7. The molecule has 17 heavy (non-hydrogen) atoms. The van der Waals surface area contributed by atoms with Crippen LogP contribution in [0.2, 0.25) is 0 Å². The summed E-state index contributed by atoms with van der Waals surface area (Å²) in [6.45, 7) is 1.72. The molecular weight excluding hydrogens is 224 g/mol. The molecule has 0 bridgehead atoms. The lowest BCUT2D eigenvalue weighted by atomic mass is 9.79. The second-order valence-corrected chi connectivity index (χ2v) is 3.99. The summed E-state index contributed by atoms with van der Waals surface area (Å²) < 4.78 is 15.1. The van der Waals surface area contributed by atoms with Crippen LogP contribution in [-0.2, 0) is 7.05 Å². The Labute approximate surface area is 97.1 Å². The minimum atomic E-state index is -1.75. The lowest BCUT2D eigenvalue weighted by molar-refractivity contribution is 0.425. The van der Waals surface area contributed by atoms with Gasteiger partial charge in [0.2, 0.25) is 0 Å². The summed E-state index contributed by atoms with van der Waals surface area (Å²) in [4.78, 5) is 11.8. The lowest BCUT2D eigenvalue weighted by Crippen LogP contribution is -2.31. The van der Waals surface area contributed by atoms with E-state index in [-0.39, 0.29) is 10.8 Å². The number of benzene rings is 1. The maximum absolute atomic E-state index is 13.7. The molecule has 0 amide bonds. The van der Waals surface area contributed by atoms with E-state index in [4.69, 9.17) is 10.0 Å². The Hall–Kier alpha value is -1.66. The highest BCUT2D eigenvalue weighted by molar-refractivity contribution is 6.58. The first-order valence-corrected chi connectivity index (χ1v) is 5.07. The number of halogens is 1. The fourth-order valence-electron chi connectivity index (χ4n) is 1.79. The zero-order valence-electron chi connectivity index (χ0n) is 9.44. The predicted octanol–water partition coefficient (Wildman–Crippen LogP) is -0.334. The minimum absolute atomic E-state index is 0.0302. The standard InChI is InChI=1S/C11H11BFNO3/c1-6-3-7-4-8(12(16)17)5-9(13)10(7)11(15)14(6)2/h3-5,16-17H,1-2H3. The van der Waals surface area contributed by atoms with Crippen LogP contribution >= 0.6 is 0 Å². The van der Waals surface area contributed by atoms with E-state index in [0.29, 0.717) is 11.1 Å². The Bertz CT molecular complexity index is 651. The van der Waals surface area contributed by atoms with Crippen LogP contribution in [0.1, 0.15) is 5.69 Å². The predicted molar refractivity (Wildman–Crippen MR) is 63.7 cm³/mol. The summed E-state index contributed by atoms with van der Waals surface area (Å²) in [7, 11) is -0.191. The Morgan fingerprint density at radius 3 is 2.53 bits per heavy atom. The molecule has 2 aromatic rings. The molecule has 0 atom stereocenters. The number of hydrogen-bond acceptors (Lipinski definition) is 3. The van der Waals surface area contributed by atoms with E-state index in [1.165, 1.54) is 10.6 Å². The molecular formula is C11H11BFNO3. The molecule has 0 saturated carbocycles. The van der Waals surface area contributed by atoms with E-state index in [2.05, 4.69) is 0 Å². The third-order valence-electron chi connectivity index (χ3n) is 2.85. The Morgan fingerprint density at radius 2 is 1.94 bits per heavy atom. The van der Waals surface area contributed by atoms with Crippen LogP contribution in [0.15, 0.2) is 23.0 Å². The molecule has 4 nitrogen and oxygen atoms in total. The Kier molecular flexibility index (Phi) is 2.77. The summed E-state index contributed by atoms with van der Waals surface area (Å²) in [6.07, 6.45) is 0. The number of fused-ring (bicyclic) bond motifs is 1. The van der Waals surface area contributed by atoms with E-state index in [1.807, 2.05) is 0 Å². The van der Waals surface area contributed by atoms with E-state index in [1.54, 1.807) is 20.0 Å². The molecule has 2 N–H and O–H groups in total. The first-order chi connectivity index (χ1) is 7.91. The zero-order valence-corrected chi connectivity index (χ0v) is 9.44. The smallest absolute Gasteiger partial charge is 0.423 e. The Morgan fingerprint density at radius 1 is 1.29 bits per heavy atom. The zero-order chi connectivity index (χ0) is 12.7. The molecule has 0 aliphatic heterocycles. The van der Waals surface area contributed by atoms with Gasteiger partial charge in [0, 0.05) is 12.7 Å². The van der Waals surface area contributed by atoms with Crippen molar-refractivity contribution in [2.45, 2.75) is 6.92 Å². The highest BCUT2D eigenvalue weighted by Crippen LogP contribution is 2.14. The van der Waals surface area contributed by atoms with E-state index in [9.17, 15) is 9.18 Å². The van der Waals surface area contributed by atoms with Crippen molar-refractivity contribution in [3.05, 3.63) is 40.1 Å². The summed E-state index contributed by atoms with van der Waals surface area (Å²) in [6, 6.07) is 3.99. The van der Waals surface area contributed by atoms with Gasteiger partial charge in [0.05, 0.1) is 5.39 Å². The van der Waals surface area contributed by atoms with Gasteiger partial charge in [0.25, 0.3) is 5.56 Å². The van der Waals surface area contributed by atoms with Gasteiger partial charge >= 0.3 is 7.12 Å². The topological polar surface area (TPSA) is 62.5 Å². The van der Waals surface area contributed by atoms with Crippen LogP contribution in [0.3, 0.4) is 0 Å². The third kappa shape index (κ3) is 1.85. The van der Waals surface area contributed by atoms with E-state index >= 15 is 0 Å². The quantitative estimate of drug-likeness (QED) is 0.665. The van der Waals surface area contributed by atoms with Gasteiger partial charge in [-0.05, 0) is 29.9 Å². The molecule has 0 saturated heterocycles. The number of nitrogens with zero attached hydrogens (tertiary/aromatic N) is 1. The van der Waals surface area contributed by atoms with Gasteiger partial charge in [-0.1, -0.05) is 6.07 Å². The van der Waals surface area contributed by atoms with Gasteiger partial charge in [-0.25, -0.2) is 4.39 Å². The van der Waals surface area contributed by atoms with Gasteiger partial charge in [-0.2, -0.15) is 0 Å². The van der Waals surface area contributed by atoms with Gasteiger partial charge in [-0.3, -0.25) is 4.79 Å². The molecule has 0 unspecified atom stereocenters. The fraction of sp³-hybridized carbons (Fsp3) is 0.182. The first-order valence-electron chi connectivity index (χ1n) is 5.07. The summed E-state index contributed by atoms with van der Waals surface area (Å²) in [5.41, 5.74) is 0.269. The van der Waals surface area contributed by atoms with Crippen LogP contribution < -0.4 is 11.0 Å². The first kappa shape index (κ1) is 11.8. The number of aryl methyl sites for hydroxylation is 1. The van der Waals surface area contributed by atoms with Crippen LogP contribution in [0.5, 0.6) is 0 Å². The number of hydrogen-bond donors (Lipinski definition) is 2. The molecule has 0 radical (unpaired) electrons. The van der Waals surface area contributed by atoms with Crippen LogP contribution in [0.4, 0.5) is 4.39 Å². The second kappa shape index (κ2) is 3.98. The van der Waals surface area contributed by atoms with E-state index < -0.39 is 18.5 Å². The molecule has 0 spiro atoms.